The van der Waals surface area contributed by atoms with Gasteiger partial charge in [-0.05, 0) is 0 Å². The molecule has 0 heterocycles. The number of carboxylic acids is 4. The van der Waals surface area contributed by atoms with E-state index < -0.39 is 43.0 Å². The van der Waals surface area contributed by atoms with E-state index in [0.29, 0.717) is 0 Å². The van der Waals surface area contributed by atoms with Crippen molar-refractivity contribution < 1.29 is 73.5 Å². The van der Waals surface area contributed by atoms with E-state index in [2.05, 4.69) is 13.2 Å². The first kappa shape index (κ1) is 29.0. The second kappa shape index (κ2) is 16.3. The second-order valence-electron chi connectivity index (χ2n) is 3.11. The molecule has 0 aromatic heterocycles. The maximum atomic E-state index is 9.92. The van der Waals surface area contributed by atoms with Crippen LogP contribution in [0.5, 0.6) is 0 Å². The van der Waals surface area contributed by atoms with Crippen molar-refractivity contribution in [2.45, 2.75) is 0 Å². The molecule has 13 heteroatoms. The van der Waals surface area contributed by atoms with Gasteiger partial charge in [0, 0.05) is 0 Å². The molecule has 0 spiro atoms. The molecule has 0 bridgehead atoms. The SMILES string of the molecule is C=CC(C(=O)O)C(=O)O.C=CC(C(=O)O)C(=O)O.[Li+].[O-]B(O)O. The summed E-state index contributed by atoms with van der Waals surface area (Å²) in [7, 11) is -2.42. The van der Waals surface area contributed by atoms with E-state index in [1.807, 2.05) is 0 Å². The first-order valence-corrected chi connectivity index (χ1v) is 5.10. The standard InChI is InChI=1S/2C5H6O4.BH2O3.Li/c2*1-2-3(4(6)7)5(8)9;2-1(3)4;/h2*2-3H,1H2,(H,6,7)(H,8,9);2-3H;/q;;-1;+1. The van der Waals surface area contributed by atoms with Crippen molar-refractivity contribution in [2.24, 2.45) is 11.8 Å². The molecule has 11 nitrogen and oxygen atoms in total. The zero-order chi connectivity index (χ0) is 18.5. The third-order valence-electron chi connectivity index (χ3n) is 1.54. The van der Waals surface area contributed by atoms with Gasteiger partial charge < -0.3 is 35.5 Å². The second-order valence-corrected chi connectivity index (χ2v) is 3.11. The van der Waals surface area contributed by atoms with Crippen molar-refractivity contribution in [3.05, 3.63) is 25.3 Å². The van der Waals surface area contributed by atoms with Gasteiger partial charge in [-0.2, -0.15) is 0 Å². The zero-order valence-corrected chi connectivity index (χ0v) is 12.0. The van der Waals surface area contributed by atoms with Crippen LogP contribution in [0.4, 0.5) is 0 Å². The van der Waals surface area contributed by atoms with E-state index in [1.54, 1.807) is 0 Å². The minimum Gasteiger partial charge on any atom is -0.832 e. The van der Waals surface area contributed by atoms with Gasteiger partial charge in [-0.25, -0.2) is 0 Å². The van der Waals surface area contributed by atoms with E-state index in [4.69, 9.17) is 35.5 Å². The van der Waals surface area contributed by atoms with E-state index in [9.17, 15) is 19.2 Å². The molecule has 0 saturated carbocycles. The molecular formula is C10H14BLiO11. The Kier molecular flexibility index (Phi) is 20.5. The van der Waals surface area contributed by atoms with Crippen molar-refractivity contribution in [1.29, 1.82) is 0 Å². The van der Waals surface area contributed by atoms with Crippen molar-refractivity contribution >= 4 is 31.2 Å². The summed E-state index contributed by atoms with van der Waals surface area (Å²) in [6.07, 6.45) is 1.73. The summed E-state index contributed by atoms with van der Waals surface area (Å²) < 4.78 is 0. The summed E-state index contributed by atoms with van der Waals surface area (Å²) >= 11 is 0. The number of aliphatic carboxylic acids is 4. The average Bonchev–Trinajstić information content (AvgIpc) is 2.28. The van der Waals surface area contributed by atoms with Crippen molar-refractivity contribution in [1.82, 2.24) is 0 Å². The monoisotopic (exact) mass is 328 g/mol. The van der Waals surface area contributed by atoms with E-state index in [-0.39, 0.29) is 18.9 Å². The van der Waals surface area contributed by atoms with Crippen LogP contribution in [0.2, 0.25) is 0 Å². The molecule has 0 rings (SSSR count). The van der Waals surface area contributed by atoms with E-state index >= 15 is 0 Å². The molecule has 23 heavy (non-hydrogen) atoms. The molecule has 0 unspecified atom stereocenters. The summed E-state index contributed by atoms with van der Waals surface area (Å²) in [6.45, 7) is 6.08. The first-order chi connectivity index (χ1) is 9.91. The van der Waals surface area contributed by atoms with Gasteiger partial charge in [-0.15, -0.1) is 13.2 Å². The number of hydrogen-bond donors (Lipinski definition) is 6. The van der Waals surface area contributed by atoms with Crippen LogP contribution in [0.15, 0.2) is 25.3 Å². The number of carbonyl (C=O) groups is 4. The summed E-state index contributed by atoms with van der Waals surface area (Å²) in [5, 5.41) is 55.1. The van der Waals surface area contributed by atoms with Crippen LogP contribution in [0.3, 0.4) is 0 Å². The Hall–Kier alpha value is -2.10. The molecule has 0 radical (unpaired) electrons. The molecule has 0 saturated heterocycles. The molecule has 0 aliphatic carbocycles. The molecule has 0 aliphatic rings. The van der Waals surface area contributed by atoms with Gasteiger partial charge in [0.25, 0.3) is 0 Å². The molecule has 6 N–H and O–H groups in total. The van der Waals surface area contributed by atoms with Crippen LogP contribution in [-0.4, -0.2) is 61.7 Å². The van der Waals surface area contributed by atoms with Gasteiger partial charge in [0.2, 0.25) is 0 Å². The Balaban J connectivity index is -0.000000124. The minimum atomic E-state index is -2.42. The predicted octanol–water partition coefficient (Wildman–Crippen LogP) is -5.76. The number of hydrogen-bond acceptors (Lipinski definition) is 7. The first-order valence-electron chi connectivity index (χ1n) is 5.10. The quantitative estimate of drug-likeness (QED) is 0.153. The summed E-state index contributed by atoms with van der Waals surface area (Å²) in [5.41, 5.74) is 0. The van der Waals surface area contributed by atoms with Crippen LogP contribution in [0.1, 0.15) is 0 Å². The van der Waals surface area contributed by atoms with Gasteiger partial charge in [0.05, 0.1) is 0 Å². The maximum absolute atomic E-state index is 9.92. The molecule has 0 aromatic carbocycles. The van der Waals surface area contributed by atoms with Crippen LogP contribution in [0, 0.1) is 11.8 Å². The van der Waals surface area contributed by atoms with Crippen LogP contribution in [0.25, 0.3) is 0 Å². The smallest absolute Gasteiger partial charge is 0.832 e. The summed E-state index contributed by atoms with van der Waals surface area (Å²) in [6, 6.07) is 0. The van der Waals surface area contributed by atoms with Gasteiger partial charge in [0.15, 0.2) is 11.8 Å². The molecule has 0 amide bonds. The van der Waals surface area contributed by atoms with Gasteiger partial charge in [-0.3, -0.25) is 19.2 Å². The van der Waals surface area contributed by atoms with Crippen LogP contribution >= 0.6 is 0 Å². The summed E-state index contributed by atoms with van der Waals surface area (Å²) in [5.74, 6) is -8.53. The average molecular weight is 328 g/mol. The topological polar surface area (TPSA) is 213 Å². The predicted molar refractivity (Wildman–Crippen MR) is 68.1 cm³/mol. The molecule has 0 fully saturated rings. The van der Waals surface area contributed by atoms with Gasteiger partial charge in [0.1, 0.15) is 0 Å². The fourth-order valence-corrected chi connectivity index (χ4v) is 0.615. The maximum Gasteiger partial charge on any atom is 1.00 e. The zero-order valence-electron chi connectivity index (χ0n) is 12.0. The molecule has 0 atom stereocenters. The Bertz CT molecular complexity index is 356. The Morgan fingerprint density at radius 1 is 0.783 bits per heavy atom. The summed E-state index contributed by atoms with van der Waals surface area (Å²) in [4.78, 5) is 39.7. The largest absolute Gasteiger partial charge is 1.00 e. The Morgan fingerprint density at radius 3 is 0.913 bits per heavy atom. The normalized spacial score (nSPS) is 8.22. The number of carboxylic acid groups (broad SMARTS) is 4. The van der Waals surface area contributed by atoms with Crippen molar-refractivity contribution in [2.75, 3.05) is 0 Å². The molecule has 124 valence electrons. The fourth-order valence-electron chi connectivity index (χ4n) is 0.615. The Morgan fingerprint density at radius 2 is 0.913 bits per heavy atom. The van der Waals surface area contributed by atoms with Crippen LogP contribution in [-0.2, 0) is 19.2 Å². The third-order valence-corrected chi connectivity index (χ3v) is 1.54. The van der Waals surface area contributed by atoms with Crippen LogP contribution < -0.4 is 23.9 Å². The van der Waals surface area contributed by atoms with Gasteiger partial charge in [-0.1, -0.05) is 12.2 Å². The van der Waals surface area contributed by atoms with Crippen molar-refractivity contribution in [3.63, 3.8) is 0 Å². The fraction of sp³-hybridized carbons (Fsp3) is 0.200. The van der Waals surface area contributed by atoms with E-state index in [1.165, 1.54) is 0 Å². The minimum absolute atomic E-state index is 0. The molecule has 0 aromatic rings. The van der Waals surface area contributed by atoms with Gasteiger partial charge >= 0.3 is 50.1 Å². The Labute approximate surface area is 142 Å². The van der Waals surface area contributed by atoms with E-state index in [0.717, 1.165) is 12.2 Å². The number of rotatable bonds is 6. The van der Waals surface area contributed by atoms with Crippen molar-refractivity contribution in [3.8, 4) is 0 Å². The molecular weight excluding hydrogens is 314 g/mol. The third kappa shape index (κ3) is 19.9. The molecule has 0 aliphatic heterocycles.